The van der Waals surface area contributed by atoms with E-state index in [0.29, 0.717) is 16.6 Å². The van der Waals surface area contributed by atoms with Gasteiger partial charge in [0.2, 0.25) is 0 Å². The zero-order valence-electron chi connectivity index (χ0n) is 14.1. The molecule has 3 aromatic carbocycles. The first-order valence-electron chi connectivity index (χ1n) is 8.33. The number of para-hydroxylation sites is 1. The number of amides is 1. The van der Waals surface area contributed by atoms with Gasteiger partial charge in [-0.15, -0.1) is 0 Å². The van der Waals surface area contributed by atoms with Gasteiger partial charge in [0.1, 0.15) is 11.5 Å². The Hall–Kier alpha value is -2.69. The molecule has 27 heavy (non-hydrogen) atoms. The smallest absolute Gasteiger partial charge is 0.266 e. The van der Waals surface area contributed by atoms with Crippen LogP contribution in [0.3, 0.4) is 0 Å². The Morgan fingerprint density at radius 3 is 2.37 bits per heavy atom. The lowest BCUT2D eigenvalue weighted by molar-refractivity contribution is -0.113. The van der Waals surface area contributed by atoms with Crippen LogP contribution in [0.5, 0.6) is 0 Å². The summed E-state index contributed by atoms with van der Waals surface area (Å²) in [5, 5.41) is 0.639. The van der Waals surface area contributed by atoms with Crippen LogP contribution in [0.1, 0.15) is 11.1 Å². The molecule has 0 unspecified atom stereocenters. The van der Waals surface area contributed by atoms with Crippen LogP contribution in [0.2, 0.25) is 5.02 Å². The maximum absolute atomic E-state index is 13.2. The minimum absolute atomic E-state index is 0.161. The van der Waals surface area contributed by atoms with Gasteiger partial charge in [0, 0.05) is 15.1 Å². The largest absolute Gasteiger partial charge is 0.282 e. The van der Waals surface area contributed by atoms with Gasteiger partial charge in [-0.1, -0.05) is 57.9 Å². The SMILES string of the molecule is O=C1/C(=C\c2cccc(Br)c2)N=C(c2ccc(Cl)cc2)N1c1ccccc1. The summed E-state index contributed by atoms with van der Waals surface area (Å²) < 4.78 is 0.948. The zero-order valence-corrected chi connectivity index (χ0v) is 16.5. The summed E-state index contributed by atoms with van der Waals surface area (Å²) in [5.74, 6) is 0.426. The Morgan fingerprint density at radius 2 is 1.67 bits per heavy atom. The van der Waals surface area contributed by atoms with Crippen molar-refractivity contribution in [1.82, 2.24) is 0 Å². The third-order valence-electron chi connectivity index (χ3n) is 4.13. The van der Waals surface area contributed by atoms with Gasteiger partial charge in [-0.3, -0.25) is 9.69 Å². The quantitative estimate of drug-likeness (QED) is 0.467. The topological polar surface area (TPSA) is 32.7 Å². The predicted octanol–water partition coefficient (Wildman–Crippen LogP) is 5.94. The highest BCUT2D eigenvalue weighted by Crippen LogP contribution is 2.28. The third kappa shape index (κ3) is 3.72. The molecule has 0 fully saturated rings. The first-order valence-corrected chi connectivity index (χ1v) is 9.50. The summed E-state index contributed by atoms with van der Waals surface area (Å²) in [6.07, 6.45) is 1.80. The van der Waals surface area contributed by atoms with Crippen molar-refractivity contribution in [2.45, 2.75) is 0 Å². The van der Waals surface area contributed by atoms with Crippen molar-refractivity contribution in [3.8, 4) is 0 Å². The van der Waals surface area contributed by atoms with Crippen molar-refractivity contribution in [3.63, 3.8) is 0 Å². The predicted molar refractivity (Wildman–Crippen MR) is 114 cm³/mol. The average Bonchev–Trinajstić information content (AvgIpc) is 2.99. The van der Waals surface area contributed by atoms with E-state index in [9.17, 15) is 4.79 Å². The van der Waals surface area contributed by atoms with Gasteiger partial charge in [-0.2, -0.15) is 0 Å². The molecular formula is C22H14BrClN2O. The molecule has 0 atom stereocenters. The molecule has 0 saturated carbocycles. The lowest BCUT2D eigenvalue weighted by Gasteiger charge is -2.18. The normalized spacial score (nSPS) is 15.3. The molecule has 3 aromatic rings. The summed E-state index contributed by atoms with van der Waals surface area (Å²) >= 11 is 9.47. The summed E-state index contributed by atoms with van der Waals surface area (Å²) in [6, 6.07) is 24.6. The van der Waals surface area contributed by atoms with Crippen molar-refractivity contribution < 1.29 is 4.79 Å². The lowest BCUT2D eigenvalue weighted by atomic mass is 10.1. The second-order valence-corrected chi connectivity index (χ2v) is 7.36. The maximum Gasteiger partial charge on any atom is 0.282 e. The van der Waals surface area contributed by atoms with Crippen molar-refractivity contribution >= 4 is 51.0 Å². The molecule has 1 amide bonds. The fraction of sp³-hybridized carbons (Fsp3) is 0. The number of amidine groups is 1. The van der Waals surface area contributed by atoms with E-state index in [1.165, 1.54) is 0 Å². The highest BCUT2D eigenvalue weighted by molar-refractivity contribution is 9.10. The number of hydrogen-bond acceptors (Lipinski definition) is 2. The first-order chi connectivity index (χ1) is 13.1. The average molecular weight is 438 g/mol. The van der Waals surface area contributed by atoms with Crippen LogP contribution in [-0.4, -0.2) is 11.7 Å². The van der Waals surface area contributed by atoms with Crippen molar-refractivity contribution in [1.29, 1.82) is 0 Å². The number of rotatable bonds is 3. The van der Waals surface area contributed by atoms with Crippen LogP contribution in [0, 0.1) is 0 Å². The molecule has 5 heteroatoms. The van der Waals surface area contributed by atoms with Crippen molar-refractivity contribution in [2.24, 2.45) is 4.99 Å². The molecule has 1 aliphatic heterocycles. The van der Waals surface area contributed by atoms with E-state index in [1.54, 1.807) is 23.1 Å². The molecule has 132 valence electrons. The Balaban J connectivity index is 1.82. The maximum atomic E-state index is 13.2. The van der Waals surface area contributed by atoms with Crippen LogP contribution in [-0.2, 0) is 4.79 Å². The summed E-state index contributed by atoms with van der Waals surface area (Å²) in [5.41, 5.74) is 2.90. The van der Waals surface area contributed by atoms with Crippen LogP contribution in [0.4, 0.5) is 5.69 Å². The number of carbonyl (C=O) groups is 1. The molecule has 0 aromatic heterocycles. The van der Waals surface area contributed by atoms with E-state index in [4.69, 9.17) is 11.6 Å². The molecule has 0 spiro atoms. The van der Waals surface area contributed by atoms with E-state index < -0.39 is 0 Å². The number of benzene rings is 3. The molecule has 0 bridgehead atoms. The van der Waals surface area contributed by atoms with Crippen molar-refractivity contribution in [2.75, 3.05) is 4.90 Å². The highest BCUT2D eigenvalue weighted by atomic mass is 79.9. The van der Waals surface area contributed by atoms with Gasteiger partial charge < -0.3 is 0 Å². The van der Waals surface area contributed by atoms with E-state index in [-0.39, 0.29) is 5.91 Å². The summed E-state index contributed by atoms with van der Waals surface area (Å²) in [4.78, 5) is 19.4. The zero-order chi connectivity index (χ0) is 18.8. The number of hydrogen-bond donors (Lipinski definition) is 0. The monoisotopic (exact) mass is 436 g/mol. The number of halogens is 2. The molecular weight excluding hydrogens is 424 g/mol. The second kappa shape index (κ2) is 7.51. The molecule has 1 heterocycles. The summed E-state index contributed by atoms with van der Waals surface area (Å²) in [6.45, 7) is 0. The number of anilines is 1. The van der Waals surface area contributed by atoms with Gasteiger partial charge >= 0.3 is 0 Å². The Labute approximate surface area is 170 Å². The minimum atomic E-state index is -0.161. The fourth-order valence-corrected chi connectivity index (χ4v) is 3.42. The second-order valence-electron chi connectivity index (χ2n) is 6.00. The van der Waals surface area contributed by atoms with Gasteiger partial charge in [-0.25, -0.2) is 4.99 Å². The van der Waals surface area contributed by atoms with Gasteiger partial charge in [-0.05, 0) is 60.2 Å². The summed E-state index contributed by atoms with van der Waals surface area (Å²) in [7, 11) is 0. The number of aliphatic imine (C=N–C) groups is 1. The van der Waals surface area contributed by atoms with E-state index >= 15 is 0 Å². The Kier molecular flexibility index (Phi) is 4.92. The van der Waals surface area contributed by atoms with E-state index in [1.807, 2.05) is 66.7 Å². The minimum Gasteiger partial charge on any atom is -0.266 e. The molecule has 0 saturated heterocycles. The number of nitrogens with zero attached hydrogens (tertiary/aromatic N) is 2. The van der Waals surface area contributed by atoms with Crippen LogP contribution in [0.15, 0.2) is 94.0 Å². The Morgan fingerprint density at radius 1 is 0.926 bits per heavy atom. The third-order valence-corrected chi connectivity index (χ3v) is 4.87. The first kappa shape index (κ1) is 17.7. The van der Waals surface area contributed by atoms with Crippen LogP contribution in [0.25, 0.3) is 6.08 Å². The molecule has 4 rings (SSSR count). The van der Waals surface area contributed by atoms with Crippen LogP contribution >= 0.6 is 27.5 Å². The molecule has 0 radical (unpaired) electrons. The molecule has 3 nitrogen and oxygen atoms in total. The lowest BCUT2D eigenvalue weighted by Crippen LogP contribution is -2.32. The highest BCUT2D eigenvalue weighted by Gasteiger charge is 2.32. The number of carbonyl (C=O) groups excluding carboxylic acids is 1. The van der Waals surface area contributed by atoms with E-state index in [2.05, 4.69) is 20.9 Å². The fourth-order valence-electron chi connectivity index (χ4n) is 2.88. The Bertz CT molecular complexity index is 1060. The van der Waals surface area contributed by atoms with Gasteiger partial charge in [0.05, 0.1) is 5.69 Å². The van der Waals surface area contributed by atoms with Gasteiger partial charge in [0.25, 0.3) is 5.91 Å². The molecule has 0 N–H and O–H groups in total. The van der Waals surface area contributed by atoms with E-state index in [0.717, 1.165) is 21.3 Å². The molecule has 1 aliphatic rings. The standard InChI is InChI=1S/C22H14BrClN2O/c23-17-6-4-5-15(13-17)14-20-22(27)26(19-7-2-1-3-8-19)21(25-20)16-9-11-18(24)12-10-16/h1-14H/b20-14+. The molecule has 0 aliphatic carbocycles. The van der Waals surface area contributed by atoms with Crippen molar-refractivity contribution in [3.05, 3.63) is 105 Å². The van der Waals surface area contributed by atoms with Crippen LogP contribution < -0.4 is 4.90 Å². The van der Waals surface area contributed by atoms with Gasteiger partial charge in [0.15, 0.2) is 0 Å².